The quantitative estimate of drug-likeness (QED) is 0.754. The van der Waals surface area contributed by atoms with E-state index in [0.717, 1.165) is 31.7 Å². The zero-order valence-corrected chi connectivity index (χ0v) is 14.3. The Morgan fingerprint density at radius 1 is 0.923 bits per heavy atom. The van der Waals surface area contributed by atoms with Gasteiger partial charge in [0.25, 0.3) is 0 Å². The molecule has 1 atom stereocenters. The van der Waals surface area contributed by atoms with Gasteiger partial charge in [-0.25, -0.2) is 0 Å². The lowest BCUT2D eigenvalue weighted by molar-refractivity contribution is -0.142. The third-order valence-electron chi connectivity index (χ3n) is 5.39. The standard InChI is InChI=1S/C18H22F6N2/c19-17(20,21)13-5-6-15(18(22,23)24)14(11-13)16(12-3-1-2-4-12)26-9-7-25-8-10-26/h5-6,11-12,16,25H,1-4,7-10H2/t16-/m1/s1. The second kappa shape index (κ2) is 7.38. The SMILES string of the molecule is FC(F)(F)c1ccc(C(F)(F)F)c([C@@H](C2CCCC2)N2CCNCC2)c1. The molecule has 0 aromatic heterocycles. The predicted octanol–water partition coefficient (Wildman–Crippen LogP) is 4.86. The van der Waals surface area contributed by atoms with Crippen molar-refractivity contribution in [2.24, 2.45) is 5.92 Å². The van der Waals surface area contributed by atoms with E-state index in [1.54, 1.807) is 0 Å². The molecule has 2 nitrogen and oxygen atoms in total. The average Bonchev–Trinajstić information content (AvgIpc) is 3.08. The Hall–Kier alpha value is -1.28. The highest BCUT2D eigenvalue weighted by molar-refractivity contribution is 5.38. The number of piperazine rings is 1. The molecule has 0 spiro atoms. The van der Waals surface area contributed by atoms with Crippen molar-refractivity contribution in [3.05, 3.63) is 34.9 Å². The molecule has 0 amide bonds. The van der Waals surface area contributed by atoms with Gasteiger partial charge in [0.05, 0.1) is 11.1 Å². The van der Waals surface area contributed by atoms with Gasteiger partial charge in [-0.05, 0) is 42.5 Å². The summed E-state index contributed by atoms with van der Waals surface area (Å²) < 4.78 is 80.3. The lowest BCUT2D eigenvalue weighted by Crippen LogP contribution is -2.47. The van der Waals surface area contributed by atoms with Crippen molar-refractivity contribution < 1.29 is 26.3 Å². The lowest BCUT2D eigenvalue weighted by Gasteiger charge is -2.40. The molecule has 0 bridgehead atoms. The van der Waals surface area contributed by atoms with E-state index in [4.69, 9.17) is 0 Å². The Morgan fingerprint density at radius 3 is 2.08 bits per heavy atom. The van der Waals surface area contributed by atoms with Crippen LogP contribution in [0.3, 0.4) is 0 Å². The van der Waals surface area contributed by atoms with E-state index in [9.17, 15) is 26.3 Å². The minimum Gasteiger partial charge on any atom is -0.314 e. The van der Waals surface area contributed by atoms with Crippen LogP contribution in [0.15, 0.2) is 18.2 Å². The van der Waals surface area contributed by atoms with Crippen molar-refractivity contribution in [3.63, 3.8) is 0 Å². The number of benzene rings is 1. The fraction of sp³-hybridized carbons (Fsp3) is 0.667. The maximum absolute atomic E-state index is 13.6. The molecule has 8 heteroatoms. The van der Waals surface area contributed by atoms with Gasteiger partial charge < -0.3 is 5.32 Å². The number of hydrogen-bond acceptors (Lipinski definition) is 2. The first kappa shape index (κ1) is 19.5. The number of halogens is 6. The number of hydrogen-bond donors (Lipinski definition) is 1. The maximum Gasteiger partial charge on any atom is 0.416 e. The van der Waals surface area contributed by atoms with E-state index in [1.807, 2.05) is 4.90 Å². The first-order valence-electron chi connectivity index (χ1n) is 8.91. The van der Waals surface area contributed by atoms with E-state index in [2.05, 4.69) is 5.32 Å². The van der Waals surface area contributed by atoms with Crippen molar-refractivity contribution >= 4 is 0 Å². The summed E-state index contributed by atoms with van der Waals surface area (Å²) in [7, 11) is 0. The molecule has 1 aromatic carbocycles. The van der Waals surface area contributed by atoms with Gasteiger partial charge in [0.15, 0.2) is 0 Å². The van der Waals surface area contributed by atoms with Gasteiger partial charge in [-0.3, -0.25) is 4.90 Å². The van der Waals surface area contributed by atoms with E-state index < -0.39 is 29.5 Å². The molecule has 1 aromatic rings. The second-order valence-electron chi connectivity index (χ2n) is 7.07. The molecule has 1 N–H and O–H groups in total. The molecular weight excluding hydrogens is 358 g/mol. The van der Waals surface area contributed by atoms with Crippen LogP contribution in [0.5, 0.6) is 0 Å². The summed E-state index contributed by atoms with van der Waals surface area (Å²) in [4.78, 5) is 1.93. The Kier molecular flexibility index (Phi) is 5.53. The summed E-state index contributed by atoms with van der Waals surface area (Å²) in [5.41, 5.74) is -2.18. The van der Waals surface area contributed by atoms with Gasteiger partial charge in [0, 0.05) is 32.2 Å². The zero-order chi connectivity index (χ0) is 18.9. The molecule has 1 aliphatic carbocycles. The van der Waals surface area contributed by atoms with E-state index in [0.29, 0.717) is 38.3 Å². The molecule has 2 fully saturated rings. The number of rotatable bonds is 3. The van der Waals surface area contributed by atoms with Crippen LogP contribution in [-0.4, -0.2) is 31.1 Å². The fourth-order valence-corrected chi connectivity index (χ4v) is 4.22. The fourth-order valence-electron chi connectivity index (χ4n) is 4.22. The summed E-state index contributed by atoms with van der Waals surface area (Å²) in [6.07, 6.45) is -6.02. The number of alkyl halides is 6. The molecule has 2 aliphatic rings. The number of nitrogens with zero attached hydrogens (tertiary/aromatic N) is 1. The Labute approximate surface area is 148 Å². The Balaban J connectivity index is 2.10. The van der Waals surface area contributed by atoms with Gasteiger partial charge in [-0.1, -0.05) is 12.8 Å². The van der Waals surface area contributed by atoms with Crippen molar-refractivity contribution in [3.8, 4) is 0 Å². The molecule has 1 heterocycles. The lowest BCUT2D eigenvalue weighted by atomic mass is 9.86. The van der Waals surface area contributed by atoms with Crippen LogP contribution < -0.4 is 5.32 Å². The zero-order valence-electron chi connectivity index (χ0n) is 14.3. The van der Waals surface area contributed by atoms with Gasteiger partial charge in [0.2, 0.25) is 0 Å². The van der Waals surface area contributed by atoms with Crippen LogP contribution in [0.4, 0.5) is 26.3 Å². The van der Waals surface area contributed by atoms with Crippen molar-refractivity contribution in [1.29, 1.82) is 0 Å². The monoisotopic (exact) mass is 380 g/mol. The molecule has 1 saturated heterocycles. The normalized spacial score (nSPS) is 21.9. The van der Waals surface area contributed by atoms with Crippen molar-refractivity contribution in [2.75, 3.05) is 26.2 Å². The van der Waals surface area contributed by atoms with Crippen LogP contribution in [-0.2, 0) is 12.4 Å². The minimum absolute atomic E-state index is 0.0438. The van der Waals surface area contributed by atoms with E-state index >= 15 is 0 Å². The van der Waals surface area contributed by atoms with E-state index in [-0.39, 0.29) is 11.5 Å². The van der Waals surface area contributed by atoms with Crippen LogP contribution >= 0.6 is 0 Å². The van der Waals surface area contributed by atoms with Crippen molar-refractivity contribution in [1.82, 2.24) is 10.2 Å². The third-order valence-corrected chi connectivity index (χ3v) is 5.39. The molecule has 1 aliphatic heterocycles. The molecule has 1 saturated carbocycles. The van der Waals surface area contributed by atoms with Gasteiger partial charge in [-0.15, -0.1) is 0 Å². The van der Waals surface area contributed by atoms with Crippen molar-refractivity contribution in [2.45, 2.75) is 44.1 Å². The molecule has 146 valence electrons. The third kappa shape index (κ3) is 4.17. The van der Waals surface area contributed by atoms with Gasteiger partial charge >= 0.3 is 12.4 Å². The van der Waals surface area contributed by atoms with Crippen LogP contribution in [0.25, 0.3) is 0 Å². The molecule has 0 unspecified atom stereocenters. The van der Waals surface area contributed by atoms with E-state index in [1.165, 1.54) is 0 Å². The average molecular weight is 380 g/mol. The molecule has 3 rings (SSSR count). The Morgan fingerprint density at radius 2 is 1.54 bits per heavy atom. The highest BCUT2D eigenvalue weighted by Crippen LogP contribution is 2.45. The minimum atomic E-state index is -4.68. The largest absolute Gasteiger partial charge is 0.416 e. The second-order valence-corrected chi connectivity index (χ2v) is 7.07. The molecule has 26 heavy (non-hydrogen) atoms. The summed E-state index contributed by atoms with van der Waals surface area (Å²) in [5, 5.41) is 3.15. The van der Waals surface area contributed by atoms with Gasteiger partial charge in [-0.2, -0.15) is 26.3 Å². The summed E-state index contributed by atoms with van der Waals surface area (Å²) in [6.45, 7) is 2.33. The smallest absolute Gasteiger partial charge is 0.314 e. The van der Waals surface area contributed by atoms with Crippen LogP contribution in [0.1, 0.15) is 48.4 Å². The first-order chi connectivity index (χ1) is 12.2. The maximum atomic E-state index is 13.6. The first-order valence-corrected chi connectivity index (χ1v) is 8.91. The molecule has 0 radical (unpaired) electrons. The summed E-state index contributed by atoms with van der Waals surface area (Å²) in [6, 6.07) is 1.24. The number of nitrogens with one attached hydrogen (secondary N) is 1. The van der Waals surface area contributed by atoms with Crippen LogP contribution in [0.2, 0.25) is 0 Å². The highest BCUT2D eigenvalue weighted by Gasteiger charge is 2.42. The summed E-state index contributed by atoms with van der Waals surface area (Å²) in [5.74, 6) is -0.0438. The summed E-state index contributed by atoms with van der Waals surface area (Å²) >= 11 is 0. The predicted molar refractivity (Wildman–Crippen MR) is 85.6 cm³/mol. The molecular formula is C18H22F6N2. The van der Waals surface area contributed by atoms with Crippen LogP contribution in [0, 0.1) is 5.92 Å². The van der Waals surface area contributed by atoms with Gasteiger partial charge in [0.1, 0.15) is 0 Å². The Bertz CT molecular complexity index is 613. The topological polar surface area (TPSA) is 15.3 Å². The highest BCUT2D eigenvalue weighted by atomic mass is 19.4.